The summed E-state index contributed by atoms with van der Waals surface area (Å²) >= 11 is 0. The molecular weight excluding hydrogens is 192 g/mol. The lowest BCUT2D eigenvalue weighted by Gasteiger charge is -2.45. The van der Waals surface area contributed by atoms with Crippen LogP contribution >= 0.6 is 0 Å². The summed E-state index contributed by atoms with van der Waals surface area (Å²) < 4.78 is 36.6. The van der Waals surface area contributed by atoms with Gasteiger partial charge in [-0.15, -0.1) is 0 Å². The second-order valence-electron chi connectivity index (χ2n) is 3.48. The van der Waals surface area contributed by atoms with Gasteiger partial charge in [-0.25, -0.2) is 4.98 Å². The second-order valence-corrected chi connectivity index (χ2v) is 3.48. The molecule has 0 amide bonds. The third kappa shape index (κ3) is 1.69. The quantitative estimate of drug-likeness (QED) is 0.681. The monoisotopic (exact) mass is 201 g/mol. The maximum Gasteiger partial charge on any atom is 0.484 e. The van der Waals surface area contributed by atoms with Gasteiger partial charge in [-0.1, -0.05) is 6.07 Å². The van der Waals surface area contributed by atoms with Crippen molar-refractivity contribution in [2.45, 2.75) is 5.82 Å². The van der Waals surface area contributed by atoms with E-state index in [2.05, 4.69) is 4.98 Å². The zero-order chi connectivity index (χ0) is 10.2. The zero-order valence-corrected chi connectivity index (χ0v) is 7.41. The van der Waals surface area contributed by atoms with Gasteiger partial charge in [-0.05, 0) is 31.0 Å². The molecule has 0 unspecified atom stereocenters. The largest absolute Gasteiger partial charge is 0.484 e. The van der Waals surface area contributed by atoms with Crippen LogP contribution in [-0.4, -0.2) is 25.1 Å². The Kier molecular flexibility index (Phi) is 2.13. The normalized spacial score (nSPS) is 18.1. The SMILES string of the molecule is F[B-](F)(F)C1CN(c2ccccn2)C1. The Hall–Kier alpha value is -1.20. The van der Waals surface area contributed by atoms with Gasteiger partial charge in [0, 0.05) is 6.20 Å². The van der Waals surface area contributed by atoms with Crippen LogP contribution in [0.3, 0.4) is 0 Å². The van der Waals surface area contributed by atoms with Gasteiger partial charge in [0.05, 0.1) is 0 Å². The molecule has 1 aliphatic rings. The van der Waals surface area contributed by atoms with Crippen LogP contribution in [0.25, 0.3) is 0 Å². The number of aromatic nitrogens is 1. The minimum absolute atomic E-state index is 0.0561. The first-order chi connectivity index (χ1) is 6.57. The summed E-state index contributed by atoms with van der Waals surface area (Å²) in [5, 5.41) is 0. The first-order valence-corrected chi connectivity index (χ1v) is 4.43. The van der Waals surface area contributed by atoms with Crippen LogP contribution in [0.5, 0.6) is 0 Å². The minimum Gasteiger partial charge on any atom is -0.449 e. The molecule has 6 heteroatoms. The molecular formula is C8H9BF3N2-. The molecule has 1 aromatic rings. The van der Waals surface area contributed by atoms with E-state index in [-0.39, 0.29) is 13.1 Å². The summed E-state index contributed by atoms with van der Waals surface area (Å²) in [6.07, 6.45) is 1.58. The van der Waals surface area contributed by atoms with Gasteiger partial charge in [0.2, 0.25) is 0 Å². The Bertz CT molecular complexity index is 308. The van der Waals surface area contributed by atoms with E-state index >= 15 is 0 Å². The van der Waals surface area contributed by atoms with Crippen molar-refractivity contribution in [2.75, 3.05) is 18.0 Å². The lowest BCUT2D eigenvalue weighted by Crippen LogP contribution is -2.51. The fraction of sp³-hybridized carbons (Fsp3) is 0.375. The second kappa shape index (κ2) is 3.18. The third-order valence-corrected chi connectivity index (χ3v) is 2.42. The zero-order valence-electron chi connectivity index (χ0n) is 7.41. The highest BCUT2D eigenvalue weighted by molar-refractivity contribution is 6.60. The first-order valence-electron chi connectivity index (χ1n) is 4.43. The summed E-state index contributed by atoms with van der Waals surface area (Å²) in [7, 11) is 0. The Balaban J connectivity index is 1.96. The van der Waals surface area contributed by atoms with E-state index in [1.165, 1.54) is 0 Å². The van der Waals surface area contributed by atoms with Crippen molar-refractivity contribution in [3.63, 3.8) is 0 Å². The highest BCUT2D eigenvalue weighted by Gasteiger charge is 2.42. The van der Waals surface area contributed by atoms with Crippen LogP contribution in [0.15, 0.2) is 24.4 Å². The smallest absolute Gasteiger partial charge is 0.449 e. The Morgan fingerprint density at radius 1 is 1.29 bits per heavy atom. The van der Waals surface area contributed by atoms with Gasteiger partial charge >= 0.3 is 6.98 Å². The van der Waals surface area contributed by atoms with Crippen LogP contribution < -0.4 is 4.90 Å². The van der Waals surface area contributed by atoms with Crippen molar-refractivity contribution in [3.8, 4) is 0 Å². The van der Waals surface area contributed by atoms with Crippen molar-refractivity contribution >= 4 is 12.8 Å². The van der Waals surface area contributed by atoms with E-state index < -0.39 is 12.8 Å². The van der Waals surface area contributed by atoms with Crippen molar-refractivity contribution in [1.29, 1.82) is 0 Å². The predicted octanol–water partition coefficient (Wildman–Crippen LogP) is 2.12. The average molecular weight is 201 g/mol. The number of anilines is 1. The number of nitrogens with zero attached hydrogens (tertiary/aromatic N) is 2. The molecule has 1 fully saturated rings. The fourth-order valence-corrected chi connectivity index (χ4v) is 1.48. The fourth-order valence-electron chi connectivity index (χ4n) is 1.48. The molecule has 76 valence electrons. The summed E-state index contributed by atoms with van der Waals surface area (Å²) in [6, 6.07) is 5.24. The van der Waals surface area contributed by atoms with E-state index in [1.54, 1.807) is 29.3 Å². The van der Waals surface area contributed by atoms with Gasteiger partial charge in [-0.3, -0.25) is 0 Å². The Labute approximate surface area is 79.8 Å². The highest BCUT2D eigenvalue weighted by atomic mass is 19.4. The molecule has 0 atom stereocenters. The van der Waals surface area contributed by atoms with E-state index in [0.717, 1.165) is 0 Å². The topological polar surface area (TPSA) is 16.1 Å². The molecule has 0 aromatic carbocycles. The molecule has 0 saturated carbocycles. The predicted molar refractivity (Wildman–Crippen MR) is 49.3 cm³/mol. The van der Waals surface area contributed by atoms with Gasteiger partial charge in [-0.2, -0.15) is 0 Å². The molecule has 1 saturated heterocycles. The van der Waals surface area contributed by atoms with Crippen molar-refractivity contribution in [1.82, 2.24) is 4.98 Å². The summed E-state index contributed by atoms with van der Waals surface area (Å²) in [4.78, 5) is 5.62. The van der Waals surface area contributed by atoms with E-state index in [9.17, 15) is 12.9 Å². The van der Waals surface area contributed by atoms with Crippen molar-refractivity contribution in [3.05, 3.63) is 24.4 Å². The number of rotatable bonds is 2. The lowest BCUT2D eigenvalue weighted by molar-refractivity contribution is 0.397. The molecule has 14 heavy (non-hydrogen) atoms. The highest BCUT2D eigenvalue weighted by Crippen LogP contribution is 2.36. The van der Waals surface area contributed by atoms with Gasteiger partial charge in [0.25, 0.3) is 0 Å². The average Bonchev–Trinajstić information content (AvgIpc) is 2.00. The molecule has 2 heterocycles. The first kappa shape index (κ1) is 9.36. The van der Waals surface area contributed by atoms with Crippen molar-refractivity contribution < 1.29 is 12.9 Å². The Morgan fingerprint density at radius 3 is 2.50 bits per heavy atom. The molecule has 0 spiro atoms. The maximum absolute atomic E-state index is 12.2. The summed E-state index contributed by atoms with van der Waals surface area (Å²) in [6.45, 7) is -4.56. The van der Waals surface area contributed by atoms with Crippen LogP contribution in [-0.2, 0) is 0 Å². The third-order valence-electron chi connectivity index (χ3n) is 2.42. The molecule has 0 radical (unpaired) electrons. The molecule has 1 aliphatic heterocycles. The number of hydrogen-bond donors (Lipinski definition) is 0. The molecule has 0 bridgehead atoms. The number of hydrogen-bond acceptors (Lipinski definition) is 2. The number of halogens is 3. The van der Waals surface area contributed by atoms with Gasteiger partial charge in [0.1, 0.15) is 5.82 Å². The minimum atomic E-state index is -4.67. The molecule has 1 aromatic heterocycles. The van der Waals surface area contributed by atoms with E-state index in [1.807, 2.05) is 0 Å². The maximum atomic E-state index is 12.2. The van der Waals surface area contributed by atoms with Crippen LogP contribution in [0.1, 0.15) is 0 Å². The van der Waals surface area contributed by atoms with Gasteiger partial charge < -0.3 is 17.8 Å². The van der Waals surface area contributed by atoms with E-state index in [4.69, 9.17) is 0 Å². The number of pyridine rings is 1. The molecule has 0 N–H and O–H groups in total. The molecule has 2 nitrogen and oxygen atoms in total. The standard InChI is InChI=1S/C8H9BF3N2/c10-9(11,12)7-5-14(6-7)8-3-1-2-4-13-8/h1-4,7H,5-6H2/q-1. The van der Waals surface area contributed by atoms with Crippen LogP contribution in [0, 0.1) is 0 Å². The van der Waals surface area contributed by atoms with Crippen LogP contribution in [0.2, 0.25) is 5.82 Å². The Morgan fingerprint density at radius 2 is 2.00 bits per heavy atom. The van der Waals surface area contributed by atoms with Crippen molar-refractivity contribution in [2.24, 2.45) is 0 Å². The summed E-state index contributed by atoms with van der Waals surface area (Å²) in [5.41, 5.74) is 0. The van der Waals surface area contributed by atoms with Gasteiger partial charge in [0.15, 0.2) is 0 Å². The van der Waals surface area contributed by atoms with Crippen LogP contribution in [0.4, 0.5) is 18.8 Å². The summed E-state index contributed by atoms with van der Waals surface area (Å²) in [5.74, 6) is -0.499. The molecule has 2 rings (SSSR count). The lowest BCUT2D eigenvalue weighted by atomic mass is 9.68. The molecule has 0 aliphatic carbocycles. The van der Waals surface area contributed by atoms with E-state index in [0.29, 0.717) is 5.82 Å².